The molecule has 1 rings (SSSR count). The molecule has 1 heterocycles. The highest BCUT2D eigenvalue weighted by Crippen LogP contribution is 2.00. The average molecular weight is 238 g/mol. The van der Waals surface area contributed by atoms with Gasteiger partial charge in [-0.3, -0.25) is 4.98 Å². The van der Waals surface area contributed by atoms with E-state index >= 15 is 0 Å². The lowest BCUT2D eigenvalue weighted by Crippen LogP contribution is -2.09. The molecule has 1 aromatic rings. The fourth-order valence-electron chi connectivity index (χ4n) is 1.34. The summed E-state index contributed by atoms with van der Waals surface area (Å²) in [6, 6.07) is 5.80. The summed E-state index contributed by atoms with van der Waals surface area (Å²) in [6.45, 7) is 7.25. The fourth-order valence-corrected chi connectivity index (χ4v) is 1.34. The van der Waals surface area contributed by atoms with E-state index in [9.17, 15) is 0 Å². The number of hydrogen-bond acceptors (Lipinski definition) is 4. The molecule has 0 fully saturated rings. The van der Waals surface area contributed by atoms with Gasteiger partial charge >= 0.3 is 0 Å². The highest BCUT2D eigenvalue weighted by molar-refractivity contribution is 5.10. The molecule has 96 valence electrons. The standard InChI is InChI=1S/C13H22N2O2/c1-11(2)9-16-6-7-17-10-13-5-3-4-12(8-14)15-13/h3-5,11H,6-10,14H2,1-2H3. The van der Waals surface area contributed by atoms with E-state index in [2.05, 4.69) is 18.8 Å². The highest BCUT2D eigenvalue weighted by Gasteiger charge is 1.97. The first-order chi connectivity index (χ1) is 8.22. The quantitative estimate of drug-likeness (QED) is 0.701. The van der Waals surface area contributed by atoms with Crippen molar-refractivity contribution in [2.45, 2.75) is 27.0 Å². The molecule has 0 saturated heterocycles. The van der Waals surface area contributed by atoms with Crippen LogP contribution in [0.5, 0.6) is 0 Å². The first-order valence-corrected chi connectivity index (χ1v) is 6.02. The molecule has 1 aromatic heterocycles. The Morgan fingerprint density at radius 1 is 1.18 bits per heavy atom. The van der Waals surface area contributed by atoms with Crippen LogP contribution < -0.4 is 5.73 Å². The third-order valence-corrected chi connectivity index (χ3v) is 2.15. The van der Waals surface area contributed by atoms with Gasteiger partial charge in [-0.1, -0.05) is 19.9 Å². The van der Waals surface area contributed by atoms with E-state index in [1.54, 1.807) is 0 Å². The van der Waals surface area contributed by atoms with E-state index in [0.29, 0.717) is 32.3 Å². The molecule has 0 aromatic carbocycles. The summed E-state index contributed by atoms with van der Waals surface area (Å²) in [6.07, 6.45) is 0. The first kappa shape index (κ1) is 14.1. The molecule has 4 heteroatoms. The molecule has 0 aliphatic carbocycles. The Morgan fingerprint density at radius 3 is 2.59 bits per heavy atom. The average Bonchev–Trinajstić information content (AvgIpc) is 2.33. The number of hydrogen-bond donors (Lipinski definition) is 1. The Labute approximate surface area is 103 Å². The highest BCUT2D eigenvalue weighted by atomic mass is 16.5. The zero-order valence-electron chi connectivity index (χ0n) is 10.7. The summed E-state index contributed by atoms with van der Waals surface area (Å²) in [5.41, 5.74) is 7.32. The van der Waals surface area contributed by atoms with Gasteiger partial charge in [0.25, 0.3) is 0 Å². The minimum Gasteiger partial charge on any atom is -0.379 e. The van der Waals surface area contributed by atoms with Crippen molar-refractivity contribution in [3.8, 4) is 0 Å². The third-order valence-electron chi connectivity index (χ3n) is 2.15. The minimum atomic E-state index is 0.464. The number of aromatic nitrogens is 1. The topological polar surface area (TPSA) is 57.4 Å². The maximum absolute atomic E-state index is 5.52. The Bertz CT molecular complexity index is 316. The van der Waals surface area contributed by atoms with Gasteiger partial charge < -0.3 is 15.2 Å². The van der Waals surface area contributed by atoms with Crippen molar-refractivity contribution < 1.29 is 9.47 Å². The molecular weight excluding hydrogens is 216 g/mol. The van der Waals surface area contributed by atoms with Crippen molar-refractivity contribution in [2.24, 2.45) is 11.7 Å². The van der Waals surface area contributed by atoms with Crippen LogP contribution in [0.2, 0.25) is 0 Å². The molecule has 0 amide bonds. The summed E-state index contributed by atoms with van der Waals surface area (Å²) < 4.78 is 10.9. The monoisotopic (exact) mass is 238 g/mol. The number of pyridine rings is 1. The van der Waals surface area contributed by atoms with Gasteiger partial charge in [0.1, 0.15) is 0 Å². The Hall–Kier alpha value is -0.970. The van der Waals surface area contributed by atoms with Crippen molar-refractivity contribution >= 4 is 0 Å². The van der Waals surface area contributed by atoms with E-state index in [0.717, 1.165) is 18.0 Å². The second-order valence-electron chi connectivity index (χ2n) is 4.35. The molecule has 2 N–H and O–H groups in total. The van der Waals surface area contributed by atoms with Crippen LogP contribution in [0.1, 0.15) is 25.2 Å². The molecule has 0 aliphatic heterocycles. The van der Waals surface area contributed by atoms with E-state index in [4.69, 9.17) is 15.2 Å². The fraction of sp³-hybridized carbons (Fsp3) is 0.615. The zero-order chi connectivity index (χ0) is 12.5. The van der Waals surface area contributed by atoms with Gasteiger partial charge in [-0.2, -0.15) is 0 Å². The lowest BCUT2D eigenvalue weighted by atomic mass is 10.2. The minimum absolute atomic E-state index is 0.464. The van der Waals surface area contributed by atoms with Crippen LogP contribution in [0.3, 0.4) is 0 Å². The van der Waals surface area contributed by atoms with Crippen LogP contribution in [0.4, 0.5) is 0 Å². The summed E-state index contributed by atoms with van der Waals surface area (Å²) in [7, 11) is 0. The molecule has 0 atom stereocenters. The van der Waals surface area contributed by atoms with Crippen LogP contribution in [-0.2, 0) is 22.6 Å². The van der Waals surface area contributed by atoms with Crippen molar-refractivity contribution in [3.05, 3.63) is 29.6 Å². The summed E-state index contributed by atoms with van der Waals surface area (Å²) in [5.74, 6) is 0.568. The third kappa shape index (κ3) is 6.36. The van der Waals surface area contributed by atoms with Gasteiger partial charge in [-0.15, -0.1) is 0 Å². The van der Waals surface area contributed by atoms with Crippen LogP contribution in [0, 0.1) is 5.92 Å². The van der Waals surface area contributed by atoms with Gasteiger partial charge in [-0.25, -0.2) is 0 Å². The number of nitrogens with zero attached hydrogens (tertiary/aromatic N) is 1. The molecule has 0 spiro atoms. The van der Waals surface area contributed by atoms with Crippen molar-refractivity contribution in [1.29, 1.82) is 0 Å². The van der Waals surface area contributed by atoms with E-state index < -0.39 is 0 Å². The molecular formula is C13H22N2O2. The molecule has 0 bridgehead atoms. The van der Waals surface area contributed by atoms with Gasteiger partial charge in [0.15, 0.2) is 0 Å². The second kappa shape index (κ2) is 8.17. The van der Waals surface area contributed by atoms with E-state index in [-0.39, 0.29) is 0 Å². The zero-order valence-corrected chi connectivity index (χ0v) is 10.7. The molecule has 0 unspecified atom stereocenters. The smallest absolute Gasteiger partial charge is 0.0889 e. The molecule has 0 aliphatic rings. The predicted molar refractivity (Wildman–Crippen MR) is 67.4 cm³/mol. The van der Waals surface area contributed by atoms with Gasteiger partial charge in [0, 0.05) is 13.2 Å². The van der Waals surface area contributed by atoms with Crippen molar-refractivity contribution in [1.82, 2.24) is 4.98 Å². The Morgan fingerprint density at radius 2 is 1.88 bits per heavy atom. The summed E-state index contributed by atoms with van der Waals surface area (Å²) in [4.78, 5) is 4.35. The second-order valence-corrected chi connectivity index (χ2v) is 4.35. The molecule has 0 saturated carbocycles. The van der Waals surface area contributed by atoms with Gasteiger partial charge in [0.2, 0.25) is 0 Å². The lowest BCUT2D eigenvalue weighted by molar-refractivity contribution is 0.0305. The maximum Gasteiger partial charge on any atom is 0.0889 e. The van der Waals surface area contributed by atoms with Crippen LogP contribution >= 0.6 is 0 Å². The Balaban J connectivity index is 2.13. The van der Waals surface area contributed by atoms with Gasteiger partial charge in [0.05, 0.1) is 31.2 Å². The molecule has 17 heavy (non-hydrogen) atoms. The molecule has 4 nitrogen and oxygen atoms in total. The summed E-state index contributed by atoms with van der Waals surface area (Å²) in [5, 5.41) is 0. The Kier molecular flexibility index (Phi) is 6.77. The largest absolute Gasteiger partial charge is 0.379 e. The number of nitrogens with two attached hydrogens (primary N) is 1. The van der Waals surface area contributed by atoms with Crippen molar-refractivity contribution in [2.75, 3.05) is 19.8 Å². The van der Waals surface area contributed by atoms with E-state index in [1.165, 1.54) is 0 Å². The van der Waals surface area contributed by atoms with Crippen LogP contribution in [0.15, 0.2) is 18.2 Å². The van der Waals surface area contributed by atoms with Crippen LogP contribution in [-0.4, -0.2) is 24.8 Å². The SMILES string of the molecule is CC(C)COCCOCc1cccc(CN)n1. The normalized spacial score (nSPS) is 11.1. The first-order valence-electron chi connectivity index (χ1n) is 6.02. The predicted octanol–water partition coefficient (Wildman–Crippen LogP) is 1.73. The lowest BCUT2D eigenvalue weighted by Gasteiger charge is -2.07. The molecule has 0 radical (unpaired) electrons. The van der Waals surface area contributed by atoms with Gasteiger partial charge in [-0.05, 0) is 18.1 Å². The number of ether oxygens (including phenoxy) is 2. The van der Waals surface area contributed by atoms with Crippen molar-refractivity contribution in [3.63, 3.8) is 0 Å². The van der Waals surface area contributed by atoms with Crippen LogP contribution in [0.25, 0.3) is 0 Å². The number of rotatable bonds is 8. The van der Waals surface area contributed by atoms with E-state index in [1.807, 2.05) is 18.2 Å². The maximum atomic E-state index is 5.52. The summed E-state index contributed by atoms with van der Waals surface area (Å²) >= 11 is 0.